The Kier molecular flexibility index (Phi) is 31.9. The molecule has 0 saturated carbocycles. The van der Waals surface area contributed by atoms with E-state index < -0.39 is 33.7 Å². The van der Waals surface area contributed by atoms with Crippen LogP contribution in [-0.4, -0.2) is 63.4 Å². The normalized spacial score (nSPS) is 11.1. The third kappa shape index (κ3) is 32.5. The van der Waals surface area contributed by atoms with Crippen molar-refractivity contribution in [3.63, 3.8) is 0 Å². The van der Waals surface area contributed by atoms with Crippen molar-refractivity contribution in [2.75, 3.05) is 0 Å². The van der Waals surface area contributed by atoms with Crippen molar-refractivity contribution in [3.8, 4) is 0 Å². The van der Waals surface area contributed by atoms with E-state index in [4.69, 9.17) is 14.8 Å². The van der Waals surface area contributed by atoms with E-state index >= 15 is 0 Å². The summed E-state index contributed by atoms with van der Waals surface area (Å²) in [5.74, 6) is -3.50. The summed E-state index contributed by atoms with van der Waals surface area (Å²) in [5, 5.41) is 13.9. The summed E-state index contributed by atoms with van der Waals surface area (Å²) in [5.41, 5.74) is 0. The van der Waals surface area contributed by atoms with Crippen LogP contribution in [0.15, 0.2) is 0 Å². The van der Waals surface area contributed by atoms with E-state index in [9.17, 15) is 18.0 Å². The average Bonchev–Trinajstić information content (AvgIpc) is 2.60. The monoisotopic (exact) mass is 448 g/mol. The van der Waals surface area contributed by atoms with Gasteiger partial charge in [0.2, 0.25) is 0 Å². The van der Waals surface area contributed by atoms with E-state index in [1.165, 1.54) is 64.2 Å². The molecular weight excluding hydrogens is 409 g/mol. The van der Waals surface area contributed by atoms with Crippen molar-refractivity contribution < 1.29 is 32.8 Å². The third-order valence-electron chi connectivity index (χ3n) is 3.70. The fourth-order valence-electron chi connectivity index (χ4n) is 2.04. The van der Waals surface area contributed by atoms with Gasteiger partial charge in [-0.1, -0.05) is 78.1 Å². The molecule has 9 heteroatoms. The van der Waals surface area contributed by atoms with Gasteiger partial charge in [0, 0.05) is 0 Å². The molecule has 0 aliphatic rings. The van der Waals surface area contributed by atoms with Gasteiger partial charge < -0.3 is 24.1 Å². The second-order valence-corrected chi connectivity index (χ2v) is 8.07. The molecule has 0 amide bonds. The van der Waals surface area contributed by atoms with Gasteiger partial charge >= 0.3 is 35.0 Å². The van der Waals surface area contributed by atoms with Crippen LogP contribution in [0.5, 0.6) is 0 Å². The smallest absolute Gasteiger partial charge is 0.481 e. The molecule has 1 atom stereocenters. The van der Waals surface area contributed by atoms with Gasteiger partial charge in [-0.3, -0.25) is 14.1 Å². The Morgan fingerprint density at radius 3 is 1.31 bits per heavy atom. The SMILES string of the molecule is O=C(O)CC(C(=O)O)S(=O)(=O)O.[CH2-]CCCCCCC.[CH2-]CCCCCCC.[Mg+2]. The van der Waals surface area contributed by atoms with E-state index in [1.807, 2.05) is 0 Å². The fourth-order valence-corrected chi connectivity index (χ4v) is 2.65. The summed E-state index contributed by atoms with van der Waals surface area (Å²) < 4.78 is 28.7. The molecule has 29 heavy (non-hydrogen) atoms. The summed E-state index contributed by atoms with van der Waals surface area (Å²) in [6.45, 7) is 12.0. The second-order valence-electron chi connectivity index (χ2n) is 6.48. The number of unbranched alkanes of at least 4 members (excludes halogenated alkanes) is 10. The van der Waals surface area contributed by atoms with Crippen LogP contribution in [0.3, 0.4) is 0 Å². The first-order valence-corrected chi connectivity index (χ1v) is 11.6. The van der Waals surface area contributed by atoms with Gasteiger partial charge in [0.05, 0.1) is 6.42 Å². The van der Waals surface area contributed by atoms with Crippen molar-refractivity contribution in [1.82, 2.24) is 0 Å². The molecule has 1 unspecified atom stereocenters. The van der Waals surface area contributed by atoms with E-state index in [-0.39, 0.29) is 23.1 Å². The van der Waals surface area contributed by atoms with Crippen LogP contribution < -0.4 is 0 Å². The van der Waals surface area contributed by atoms with Crippen LogP contribution in [0.25, 0.3) is 0 Å². The van der Waals surface area contributed by atoms with Crippen LogP contribution in [0, 0.1) is 13.8 Å². The average molecular weight is 449 g/mol. The van der Waals surface area contributed by atoms with Gasteiger partial charge in [-0.2, -0.15) is 21.3 Å². The first-order valence-electron chi connectivity index (χ1n) is 10.1. The summed E-state index contributed by atoms with van der Waals surface area (Å²) in [7, 11) is -4.84. The molecule has 3 N–H and O–H groups in total. The predicted molar refractivity (Wildman–Crippen MR) is 118 cm³/mol. The topological polar surface area (TPSA) is 129 Å². The summed E-state index contributed by atoms with van der Waals surface area (Å²) in [6, 6.07) is 0. The molecule has 170 valence electrons. The van der Waals surface area contributed by atoms with Gasteiger partial charge in [0.15, 0.2) is 5.25 Å². The van der Waals surface area contributed by atoms with E-state index in [0.29, 0.717) is 0 Å². The maximum Gasteiger partial charge on any atom is 2.00 e. The Morgan fingerprint density at radius 2 is 1.14 bits per heavy atom. The van der Waals surface area contributed by atoms with Gasteiger partial charge in [0.25, 0.3) is 10.1 Å². The third-order valence-corrected chi connectivity index (χ3v) is 4.79. The largest absolute Gasteiger partial charge is 2.00 e. The molecule has 0 aromatic rings. The molecule has 0 spiro atoms. The molecule has 0 aliphatic carbocycles. The minimum Gasteiger partial charge on any atom is -0.481 e. The fraction of sp³-hybridized carbons (Fsp3) is 0.800. The van der Waals surface area contributed by atoms with Crippen LogP contribution in [0.4, 0.5) is 0 Å². The zero-order valence-electron chi connectivity index (χ0n) is 18.3. The molecule has 7 nitrogen and oxygen atoms in total. The Morgan fingerprint density at radius 1 is 0.793 bits per heavy atom. The predicted octanol–water partition coefficient (Wildman–Crippen LogP) is 4.78. The molecule has 0 saturated heterocycles. The molecule has 0 heterocycles. The Bertz CT molecular complexity index is 443. The molecule has 0 aromatic carbocycles. The van der Waals surface area contributed by atoms with E-state index in [1.54, 1.807) is 0 Å². The Balaban J connectivity index is -0.000000164. The molecular formula is C20H40MgO7S. The number of carbonyl (C=O) groups is 2. The number of aliphatic carboxylic acids is 2. The second kappa shape index (κ2) is 25.7. The first-order chi connectivity index (χ1) is 13.1. The van der Waals surface area contributed by atoms with Crippen LogP contribution in [-0.2, 0) is 19.7 Å². The molecule has 0 bridgehead atoms. The number of hydrogen-bond acceptors (Lipinski definition) is 4. The van der Waals surface area contributed by atoms with E-state index in [0.717, 1.165) is 12.8 Å². The van der Waals surface area contributed by atoms with E-state index in [2.05, 4.69) is 27.7 Å². The van der Waals surface area contributed by atoms with Gasteiger partial charge in [-0.05, 0) is 0 Å². The zero-order valence-corrected chi connectivity index (χ0v) is 20.5. The molecule has 0 aliphatic heterocycles. The van der Waals surface area contributed by atoms with Gasteiger partial charge in [-0.15, -0.1) is 0 Å². The number of carboxylic acid groups (broad SMARTS) is 2. The standard InChI is InChI=1S/2C8H17.C4H6O7S.Mg/c2*1-3-5-7-8-6-4-2;5-3(6)1-2(4(7)8)12(9,10)11;/h2*1,3-8H2,2H3;2H,1H2,(H,5,6)(H,7,8)(H,9,10,11);/q2*-1;;+2. The first kappa shape index (κ1) is 36.0. The van der Waals surface area contributed by atoms with Gasteiger partial charge in [-0.25, -0.2) is 0 Å². The van der Waals surface area contributed by atoms with Crippen molar-refractivity contribution in [3.05, 3.63) is 13.8 Å². The maximum atomic E-state index is 10.2. The maximum absolute atomic E-state index is 10.2. The minimum absolute atomic E-state index is 0. The number of hydrogen-bond donors (Lipinski definition) is 3. The minimum atomic E-state index is -4.84. The number of carboxylic acids is 2. The molecule has 0 fully saturated rings. The summed E-state index contributed by atoms with van der Waals surface area (Å²) in [4.78, 5) is 20.0. The van der Waals surface area contributed by atoms with Crippen molar-refractivity contribution >= 4 is 45.1 Å². The number of rotatable bonds is 14. The molecule has 0 aromatic heterocycles. The molecule has 0 rings (SSSR count). The van der Waals surface area contributed by atoms with Crippen molar-refractivity contribution in [1.29, 1.82) is 0 Å². The van der Waals surface area contributed by atoms with Crippen LogP contribution in [0.2, 0.25) is 0 Å². The quantitative estimate of drug-likeness (QED) is 0.151. The Labute approximate surface area is 193 Å². The molecule has 0 radical (unpaired) electrons. The summed E-state index contributed by atoms with van der Waals surface area (Å²) in [6.07, 6.45) is 14.8. The van der Waals surface area contributed by atoms with Crippen LogP contribution >= 0.6 is 0 Å². The van der Waals surface area contributed by atoms with Crippen molar-refractivity contribution in [2.24, 2.45) is 0 Å². The van der Waals surface area contributed by atoms with Gasteiger partial charge in [0.1, 0.15) is 0 Å². The van der Waals surface area contributed by atoms with Crippen molar-refractivity contribution in [2.45, 2.75) is 103 Å². The summed E-state index contributed by atoms with van der Waals surface area (Å²) >= 11 is 0. The Hall–Kier alpha value is -0.384. The zero-order chi connectivity index (χ0) is 22.4. The van der Waals surface area contributed by atoms with Crippen LogP contribution in [0.1, 0.15) is 97.3 Å².